The Morgan fingerprint density at radius 3 is 2.48 bits per heavy atom. The maximum absolute atomic E-state index is 12.1. The molecule has 25 heavy (non-hydrogen) atoms. The zero-order valence-corrected chi connectivity index (χ0v) is 14.2. The van der Waals surface area contributed by atoms with Gasteiger partial charge < -0.3 is 14.6 Å². The maximum atomic E-state index is 12.1. The van der Waals surface area contributed by atoms with E-state index in [4.69, 9.17) is 4.74 Å². The van der Waals surface area contributed by atoms with Crippen LogP contribution in [-0.4, -0.2) is 18.4 Å². The molecule has 0 atom stereocenters. The van der Waals surface area contributed by atoms with Gasteiger partial charge in [-0.2, -0.15) is 0 Å². The smallest absolute Gasteiger partial charge is 0.872 e. The van der Waals surface area contributed by atoms with E-state index in [1.165, 1.54) is 6.07 Å². The molecule has 0 saturated heterocycles. The van der Waals surface area contributed by atoms with Gasteiger partial charge >= 0.3 is 24.8 Å². The fourth-order valence-corrected chi connectivity index (χ4v) is 1.94. The van der Waals surface area contributed by atoms with E-state index < -0.39 is 17.5 Å². The van der Waals surface area contributed by atoms with Gasteiger partial charge in [0.15, 0.2) is 0 Å². The third-order valence-electron chi connectivity index (χ3n) is 3.11. The van der Waals surface area contributed by atoms with Gasteiger partial charge in [0.2, 0.25) is 0 Å². The summed E-state index contributed by atoms with van der Waals surface area (Å²) < 4.78 is 10.2. The van der Waals surface area contributed by atoms with Gasteiger partial charge in [-0.25, -0.2) is 4.79 Å². The predicted molar refractivity (Wildman–Crippen MR) is 86.8 cm³/mol. The second kappa shape index (κ2) is 10.4. The molecular formula is C19H17LiO5. The van der Waals surface area contributed by atoms with Gasteiger partial charge in [0.25, 0.3) is 5.78 Å². The number of carbonyl (C=O) groups excluding carboxylic acids is 2. The first kappa shape index (κ1) is 20.6. The van der Waals surface area contributed by atoms with E-state index in [9.17, 15) is 14.7 Å². The van der Waals surface area contributed by atoms with Gasteiger partial charge in [-0.15, -0.1) is 0 Å². The number of hydrogen-bond acceptors (Lipinski definition) is 5. The molecule has 6 heteroatoms. The fraction of sp³-hybridized carbons (Fsp3) is 0.158. The van der Waals surface area contributed by atoms with Crippen LogP contribution in [0.15, 0.2) is 60.7 Å². The monoisotopic (exact) mass is 332 g/mol. The Labute approximate surface area is 158 Å². The molecule has 0 N–H and O–H groups in total. The summed E-state index contributed by atoms with van der Waals surface area (Å²) in [6.07, 6.45) is 0.730. The van der Waals surface area contributed by atoms with Crippen LogP contribution >= 0.6 is 0 Å². The summed E-state index contributed by atoms with van der Waals surface area (Å²) in [4.78, 5) is 22.8. The Balaban J connectivity index is 0.00000312. The number of ketones is 1. The van der Waals surface area contributed by atoms with Crippen molar-refractivity contribution in [2.45, 2.75) is 13.5 Å². The fourth-order valence-electron chi connectivity index (χ4n) is 1.94. The van der Waals surface area contributed by atoms with Crippen molar-refractivity contribution < 1.29 is 43.0 Å². The van der Waals surface area contributed by atoms with Crippen molar-refractivity contribution in [3.63, 3.8) is 0 Å². The summed E-state index contributed by atoms with van der Waals surface area (Å²) in [7, 11) is 0. The Kier molecular flexibility index (Phi) is 8.55. The topological polar surface area (TPSA) is 75.7 Å². The SMILES string of the molecule is CCOC(=O)C(=O)/C=C(\[O-])c1cccc(OCc2ccccc2)c1.[Li+]. The summed E-state index contributed by atoms with van der Waals surface area (Å²) in [6, 6.07) is 16.0. The number of ether oxygens (including phenoxy) is 2. The Hall–Kier alpha value is -2.48. The quantitative estimate of drug-likeness (QED) is 0.216. The Morgan fingerprint density at radius 2 is 1.80 bits per heavy atom. The zero-order valence-electron chi connectivity index (χ0n) is 14.2. The van der Waals surface area contributed by atoms with Gasteiger partial charge in [0.1, 0.15) is 12.4 Å². The molecule has 0 aliphatic heterocycles. The molecule has 0 fully saturated rings. The molecule has 0 aliphatic carbocycles. The number of rotatable bonds is 7. The molecule has 2 rings (SSSR count). The molecule has 0 spiro atoms. The molecule has 0 amide bonds. The first-order valence-corrected chi connectivity index (χ1v) is 7.47. The summed E-state index contributed by atoms with van der Waals surface area (Å²) in [5.74, 6) is -2.08. The molecule has 2 aromatic carbocycles. The normalized spacial score (nSPS) is 10.5. The average Bonchev–Trinajstić information content (AvgIpc) is 2.61. The van der Waals surface area contributed by atoms with Crippen molar-refractivity contribution >= 4 is 17.5 Å². The van der Waals surface area contributed by atoms with Gasteiger partial charge in [0, 0.05) is 0 Å². The molecule has 0 radical (unpaired) electrons. The van der Waals surface area contributed by atoms with E-state index in [2.05, 4.69) is 4.74 Å². The van der Waals surface area contributed by atoms with Crippen molar-refractivity contribution in [1.29, 1.82) is 0 Å². The molecule has 0 saturated carbocycles. The third-order valence-corrected chi connectivity index (χ3v) is 3.11. The summed E-state index contributed by atoms with van der Waals surface area (Å²) >= 11 is 0. The first-order chi connectivity index (χ1) is 11.6. The second-order valence-electron chi connectivity index (χ2n) is 4.90. The summed E-state index contributed by atoms with van der Waals surface area (Å²) in [5.41, 5.74) is 1.26. The van der Waals surface area contributed by atoms with Crippen LogP contribution < -0.4 is 28.7 Å². The van der Waals surface area contributed by atoms with Crippen LogP contribution in [0.25, 0.3) is 5.76 Å². The van der Waals surface area contributed by atoms with Crippen LogP contribution in [0.4, 0.5) is 0 Å². The van der Waals surface area contributed by atoms with Crippen LogP contribution in [-0.2, 0) is 20.9 Å². The Morgan fingerprint density at radius 1 is 1.08 bits per heavy atom. The van der Waals surface area contributed by atoms with Crippen molar-refractivity contribution in [2.75, 3.05) is 6.61 Å². The van der Waals surface area contributed by atoms with Gasteiger partial charge in [-0.1, -0.05) is 48.2 Å². The van der Waals surface area contributed by atoms with Gasteiger partial charge in [0.05, 0.1) is 6.61 Å². The number of esters is 1. The molecule has 0 bridgehead atoms. The standard InChI is InChI=1S/C19H18O5.Li/c1-2-23-19(22)18(21)12-17(20)15-9-6-10-16(11-15)24-13-14-7-4-3-5-8-14;/h3-12,20H,2,13H2,1H3;/q;+1/p-1/b17-12-;. The van der Waals surface area contributed by atoms with E-state index in [-0.39, 0.29) is 31.0 Å². The molecule has 0 aliphatic rings. The van der Waals surface area contributed by atoms with E-state index in [0.717, 1.165) is 11.6 Å². The average molecular weight is 332 g/mol. The minimum atomic E-state index is -1.04. The van der Waals surface area contributed by atoms with Crippen LogP contribution in [0.1, 0.15) is 18.1 Å². The minimum Gasteiger partial charge on any atom is -0.872 e. The molecule has 2 aromatic rings. The van der Waals surface area contributed by atoms with Crippen LogP contribution in [0.5, 0.6) is 5.75 Å². The molecule has 0 heterocycles. The van der Waals surface area contributed by atoms with E-state index in [1.807, 2.05) is 30.3 Å². The second-order valence-corrected chi connectivity index (χ2v) is 4.90. The zero-order chi connectivity index (χ0) is 17.4. The predicted octanol–water partition coefficient (Wildman–Crippen LogP) is -0.897. The number of benzene rings is 2. The third kappa shape index (κ3) is 6.50. The Bertz CT molecular complexity index is 740. The van der Waals surface area contributed by atoms with Gasteiger partial charge in [-0.05, 0) is 36.3 Å². The first-order valence-electron chi connectivity index (χ1n) is 7.47. The van der Waals surface area contributed by atoms with Crippen molar-refractivity contribution in [2.24, 2.45) is 0 Å². The summed E-state index contributed by atoms with van der Waals surface area (Å²) in [6.45, 7) is 2.03. The van der Waals surface area contributed by atoms with Crippen LogP contribution in [0.3, 0.4) is 0 Å². The van der Waals surface area contributed by atoms with Crippen molar-refractivity contribution in [3.8, 4) is 5.75 Å². The van der Waals surface area contributed by atoms with Crippen LogP contribution in [0, 0.1) is 0 Å². The summed E-state index contributed by atoms with van der Waals surface area (Å²) in [5, 5.41) is 12.1. The van der Waals surface area contributed by atoms with E-state index in [1.54, 1.807) is 25.1 Å². The van der Waals surface area contributed by atoms with Crippen molar-refractivity contribution in [3.05, 3.63) is 71.8 Å². The number of carbonyl (C=O) groups is 2. The molecular weight excluding hydrogens is 315 g/mol. The largest absolute Gasteiger partial charge is 1.00 e. The van der Waals surface area contributed by atoms with E-state index >= 15 is 0 Å². The van der Waals surface area contributed by atoms with Crippen molar-refractivity contribution in [1.82, 2.24) is 0 Å². The van der Waals surface area contributed by atoms with Gasteiger partial charge in [-0.3, -0.25) is 4.79 Å². The maximum Gasteiger partial charge on any atom is 1.00 e. The number of hydrogen-bond donors (Lipinski definition) is 0. The molecule has 5 nitrogen and oxygen atoms in total. The van der Waals surface area contributed by atoms with E-state index in [0.29, 0.717) is 12.4 Å². The molecule has 0 unspecified atom stereocenters. The van der Waals surface area contributed by atoms with Crippen LogP contribution in [0.2, 0.25) is 0 Å². The minimum absolute atomic E-state index is 0. The molecule has 0 aromatic heterocycles. The molecule has 124 valence electrons.